The van der Waals surface area contributed by atoms with Gasteiger partial charge in [-0.05, 0) is 242 Å². The van der Waals surface area contributed by atoms with E-state index in [0.29, 0.717) is 34.9 Å². The highest BCUT2D eigenvalue weighted by Crippen LogP contribution is 2.48. The highest BCUT2D eigenvalue weighted by atomic mass is 32.1. The van der Waals surface area contributed by atoms with Gasteiger partial charge in [0.2, 0.25) is 0 Å². The Balaban J connectivity index is 0.581. The number of thiophene rings is 6. The second kappa shape index (κ2) is 29.5. The smallest absolute Gasteiger partial charge is 0.164 e. The van der Waals surface area contributed by atoms with E-state index in [9.17, 15) is 0 Å². The van der Waals surface area contributed by atoms with Crippen molar-refractivity contribution in [3.63, 3.8) is 0 Å². The summed E-state index contributed by atoms with van der Waals surface area (Å²) in [7, 11) is 0. The second-order valence-corrected chi connectivity index (χ2v) is 38.9. The molecule has 0 aliphatic carbocycles. The van der Waals surface area contributed by atoms with Gasteiger partial charge in [0, 0.05) is 154 Å². The molecule has 6 nitrogen and oxygen atoms in total. The molecule has 126 heavy (non-hydrogen) atoms. The molecule has 0 saturated heterocycles. The molecular formula is C114H64N6S6. The molecule has 0 amide bonds. The first-order valence-corrected chi connectivity index (χ1v) is 46.9. The van der Waals surface area contributed by atoms with Crippen LogP contribution in [0.15, 0.2) is 388 Å². The predicted molar refractivity (Wildman–Crippen MR) is 541 cm³/mol. The lowest BCUT2D eigenvalue weighted by molar-refractivity contribution is 1.07. The van der Waals surface area contributed by atoms with Crippen molar-refractivity contribution in [1.82, 2.24) is 29.9 Å². The Morgan fingerprint density at radius 3 is 0.563 bits per heavy atom. The largest absolute Gasteiger partial charge is 0.208 e. The summed E-state index contributed by atoms with van der Waals surface area (Å²) in [5, 5.41) is 14.9. The number of nitrogens with zero attached hydrogens (tertiary/aromatic N) is 6. The zero-order valence-electron chi connectivity index (χ0n) is 67.1. The first-order valence-electron chi connectivity index (χ1n) is 42.0. The lowest BCUT2D eigenvalue weighted by Crippen LogP contribution is -2.01. The summed E-state index contributed by atoms with van der Waals surface area (Å²) in [6.45, 7) is 0. The van der Waals surface area contributed by atoms with Gasteiger partial charge in [-0.15, -0.1) is 68.0 Å². The quantitative estimate of drug-likeness (QED) is 0.114. The van der Waals surface area contributed by atoms with Gasteiger partial charge in [0.25, 0.3) is 0 Å². The molecule has 0 aliphatic heterocycles. The van der Waals surface area contributed by atoms with Crippen molar-refractivity contribution in [3.05, 3.63) is 388 Å². The third kappa shape index (κ3) is 12.7. The minimum atomic E-state index is 0.580. The topological polar surface area (TPSA) is 77.3 Å². The second-order valence-electron chi connectivity index (χ2n) is 32.4. The molecule has 0 unspecified atom stereocenters. The van der Waals surface area contributed by atoms with Crippen LogP contribution in [0.1, 0.15) is 0 Å². The zero-order chi connectivity index (χ0) is 82.6. The Labute approximate surface area is 747 Å². The Bertz CT molecular complexity index is 8740. The van der Waals surface area contributed by atoms with Crippen LogP contribution in [-0.4, -0.2) is 29.9 Å². The van der Waals surface area contributed by atoms with Crippen LogP contribution >= 0.6 is 68.0 Å². The van der Waals surface area contributed by atoms with Crippen molar-refractivity contribution in [1.29, 1.82) is 0 Å². The van der Waals surface area contributed by atoms with Crippen molar-refractivity contribution in [2.75, 3.05) is 0 Å². The van der Waals surface area contributed by atoms with Crippen molar-refractivity contribution in [2.24, 2.45) is 0 Å². The van der Waals surface area contributed by atoms with E-state index in [2.05, 4.69) is 364 Å². The van der Waals surface area contributed by atoms with Gasteiger partial charge < -0.3 is 0 Å². The van der Waals surface area contributed by atoms with Crippen LogP contribution in [-0.2, 0) is 0 Å². The molecule has 26 aromatic rings. The fourth-order valence-electron chi connectivity index (χ4n) is 18.4. The van der Waals surface area contributed by atoms with Crippen LogP contribution in [0, 0.1) is 0 Å². The summed E-state index contributed by atoms with van der Waals surface area (Å²) in [5.41, 5.74) is 20.8. The van der Waals surface area contributed by atoms with Crippen LogP contribution in [0.2, 0.25) is 0 Å². The normalized spacial score (nSPS) is 12.0. The number of rotatable bonds is 13. The molecule has 0 aliphatic rings. The van der Waals surface area contributed by atoms with Gasteiger partial charge >= 0.3 is 0 Å². The average Bonchev–Trinajstić information content (AvgIpc) is 1.20. The molecule has 8 heterocycles. The van der Waals surface area contributed by atoms with E-state index < -0.39 is 0 Å². The van der Waals surface area contributed by atoms with Gasteiger partial charge in [0.15, 0.2) is 34.9 Å². The van der Waals surface area contributed by atoms with E-state index in [0.717, 1.165) is 111 Å². The van der Waals surface area contributed by atoms with Crippen LogP contribution < -0.4 is 0 Å². The summed E-state index contributed by atoms with van der Waals surface area (Å²) < 4.78 is 15.1. The van der Waals surface area contributed by atoms with Crippen LogP contribution in [0.4, 0.5) is 0 Å². The Kier molecular flexibility index (Phi) is 17.1. The van der Waals surface area contributed by atoms with Gasteiger partial charge in [-0.2, -0.15) is 0 Å². The van der Waals surface area contributed by atoms with Crippen molar-refractivity contribution in [3.8, 4) is 146 Å². The minimum absolute atomic E-state index is 0.580. The molecule has 0 bridgehead atoms. The molecule has 586 valence electrons. The van der Waals surface area contributed by atoms with Crippen molar-refractivity contribution >= 4 is 189 Å². The van der Waals surface area contributed by atoms with Crippen molar-refractivity contribution < 1.29 is 0 Å². The first-order chi connectivity index (χ1) is 62.3. The first kappa shape index (κ1) is 72.9. The monoisotopic (exact) mass is 1710 g/mol. The standard InChI is InChI=1S/C114H64N6S6/c1-3-17-66(18-4-1)109-115-111(119-112(116-109)82-52-76(69-36-43-102-91(58-69)85-21-7-12-26-97(85)121-102)49-77(53-82)70-37-44-103-92(59-70)86-22-8-13-27-98(86)122-103)68-33-31-65(32-34-68)75-35-42-90-96-63-74(41-48-107(96)126-108(90)64-75)81-51-80(73-40-47-106-95(62-73)89-25-11-16-30-101(89)125-106)56-84(57-81)114-118-110(67-19-5-2-6-20-67)117-113(120-114)83-54-78(71-38-45-104-93(60-71)87-23-9-14-28-99(87)123-104)50-79(55-83)72-39-46-105-94(61-72)88-24-10-15-29-100(88)124-105/h1-64H. The van der Waals surface area contributed by atoms with Crippen LogP contribution in [0.25, 0.3) is 267 Å². The van der Waals surface area contributed by atoms with Crippen LogP contribution in [0.5, 0.6) is 0 Å². The van der Waals surface area contributed by atoms with E-state index in [1.165, 1.54) is 121 Å². The Hall–Kier alpha value is -14.7. The molecule has 0 fully saturated rings. The Morgan fingerprint density at radius 1 is 0.103 bits per heavy atom. The fraction of sp³-hybridized carbons (Fsp3) is 0. The highest BCUT2D eigenvalue weighted by Gasteiger charge is 2.23. The SMILES string of the molecule is c1ccc(-c2nc(-c3ccc(-c4ccc5c(c4)sc4ccc(-c6cc(-c7ccc8sc9ccccc9c8c7)cc(-c7nc(-c8ccccc8)nc(-c8cc(-c9ccc%10sc%11ccccc%11c%10c9)cc(-c9ccc%10sc%11ccccc%11c%10c9)c8)n7)c6)cc45)cc3)nc(-c3cc(-c4ccc5sc6ccccc6c5c4)cc(-c4ccc5sc6ccccc6c5c4)c3)n2)cc1. The predicted octanol–water partition coefficient (Wildman–Crippen LogP) is 33.9. The summed E-state index contributed by atoms with van der Waals surface area (Å²) in [4.78, 5) is 32.8. The van der Waals surface area contributed by atoms with Gasteiger partial charge in [-0.3, -0.25) is 0 Å². The summed E-state index contributed by atoms with van der Waals surface area (Å²) in [5.74, 6) is 3.57. The average molecular weight is 1710 g/mol. The molecule has 0 spiro atoms. The molecule has 0 N–H and O–H groups in total. The maximum atomic E-state index is 5.67. The third-order valence-corrected chi connectivity index (χ3v) is 31.6. The lowest BCUT2D eigenvalue weighted by Gasteiger charge is -2.14. The number of aromatic nitrogens is 6. The molecule has 26 rings (SSSR count). The number of hydrogen-bond donors (Lipinski definition) is 0. The molecule has 12 heteroatoms. The minimum Gasteiger partial charge on any atom is -0.208 e. The number of benzene rings is 18. The van der Waals surface area contributed by atoms with E-state index in [-0.39, 0.29) is 0 Å². The molecular weight excluding hydrogens is 1650 g/mol. The maximum absolute atomic E-state index is 5.67. The molecule has 0 atom stereocenters. The van der Waals surface area contributed by atoms with E-state index in [4.69, 9.17) is 29.9 Å². The van der Waals surface area contributed by atoms with Crippen molar-refractivity contribution in [2.45, 2.75) is 0 Å². The maximum Gasteiger partial charge on any atom is 0.164 e. The van der Waals surface area contributed by atoms with Gasteiger partial charge in [-0.1, -0.05) is 224 Å². The fourth-order valence-corrected chi connectivity index (χ4v) is 25.0. The van der Waals surface area contributed by atoms with E-state index >= 15 is 0 Å². The van der Waals surface area contributed by atoms with E-state index in [1.54, 1.807) is 0 Å². The zero-order valence-corrected chi connectivity index (χ0v) is 72.0. The lowest BCUT2D eigenvalue weighted by atomic mass is 9.93. The van der Waals surface area contributed by atoms with E-state index in [1.807, 2.05) is 92.3 Å². The van der Waals surface area contributed by atoms with Gasteiger partial charge in [-0.25, -0.2) is 29.9 Å². The number of fused-ring (bicyclic) bond motifs is 18. The Morgan fingerprint density at radius 2 is 0.286 bits per heavy atom. The number of hydrogen-bond acceptors (Lipinski definition) is 12. The summed E-state index contributed by atoms with van der Waals surface area (Å²) in [6.07, 6.45) is 0. The summed E-state index contributed by atoms with van der Waals surface area (Å²) >= 11 is 11.0. The third-order valence-electron chi connectivity index (χ3n) is 24.7. The molecule has 18 aromatic carbocycles. The van der Waals surface area contributed by atoms with Gasteiger partial charge in [0.1, 0.15) is 0 Å². The molecule has 8 aromatic heterocycles. The molecule has 0 radical (unpaired) electrons. The highest BCUT2D eigenvalue weighted by molar-refractivity contribution is 7.28. The van der Waals surface area contributed by atoms with Crippen LogP contribution in [0.3, 0.4) is 0 Å². The van der Waals surface area contributed by atoms with Gasteiger partial charge in [0.05, 0.1) is 0 Å². The summed E-state index contributed by atoms with van der Waals surface area (Å²) in [6, 6.07) is 142. The molecule has 0 saturated carbocycles.